The highest BCUT2D eigenvalue weighted by Crippen LogP contribution is 2.31. The van der Waals surface area contributed by atoms with E-state index in [1.54, 1.807) is 25.6 Å². The van der Waals surface area contributed by atoms with Gasteiger partial charge < -0.3 is 14.8 Å². The first-order chi connectivity index (χ1) is 12.1. The van der Waals surface area contributed by atoms with Gasteiger partial charge in [-0.2, -0.15) is 11.3 Å². The molecule has 2 aromatic heterocycles. The first-order valence-corrected chi connectivity index (χ1v) is 9.38. The number of ether oxygens (including phenoxy) is 2. The van der Waals surface area contributed by atoms with Gasteiger partial charge >= 0.3 is 0 Å². The number of carbonyl (C=O) groups excluding carboxylic acids is 1. The van der Waals surface area contributed by atoms with Gasteiger partial charge in [-0.05, 0) is 24.4 Å². The van der Waals surface area contributed by atoms with Crippen LogP contribution in [0.2, 0.25) is 0 Å². The molecule has 1 aromatic carbocycles. The first kappa shape index (κ1) is 17.4. The van der Waals surface area contributed by atoms with Gasteiger partial charge in [0, 0.05) is 23.1 Å². The topological polar surface area (TPSA) is 60.5 Å². The van der Waals surface area contributed by atoms with Crippen molar-refractivity contribution in [1.29, 1.82) is 0 Å². The number of amides is 1. The maximum absolute atomic E-state index is 12.6. The highest BCUT2D eigenvalue weighted by Gasteiger charge is 2.17. The van der Waals surface area contributed by atoms with Gasteiger partial charge in [0.05, 0.1) is 19.9 Å². The third-order valence-corrected chi connectivity index (χ3v) is 5.58. The summed E-state index contributed by atoms with van der Waals surface area (Å²) in [6, 6.07) is 7.60. The molecule has 3 rings (SSSR count). The number of aromatic nitrogens is 1. The van der Waals surface area contributed by atoms with Gasteiger partial charge in [-0.3, -0.25) is 4.79 Å². The average Bonchev–Trinajstić information content (AvgIpc) is 3.28. The Labute approximate surface area is 154 Å². The summed E-state index contributed by atoms with van der Waals surface area (Å²) in [5.41, 5.74) is 2.64. The minimum absolute atomic E-state index is 0.138. The second-order valence-electron chi connectivity index (χ2n) is 5.28. The number of hydrogen-bond donors (Lipinski definition) is 1. The molecular weight excluding hydrogens is 356 g/mol. The number of thiophene rings is 1. The third kappa shape index (κ3) is 3.67. The molecular formula is C18H18N2O3S2. The fourth-order valence-corrected chi connectivity index (χ4v) is 4.16. The zero-order chi connectivity index (χ0) is 17.8. The van der Waals surface area contributed by atoms with Crippen LogP contribution in [0.4, 0.5) is 0 Å². The average molecular weight is 374 g/mol. The summed E-state index contributed by atoms with van der Waals surface area (Å²) in [6.07, 6.45) is 0. The van der Waals surface area contributed by atoms with Gasteiger partial charge in [0.2, 0.25) is 0 Å². The minimum atomic E-state index is -0.138. The Bertz CT molecular complexity index is 873. The van der Waals surface area contributed by atoms with Crippen molar-refractivity contribution in [3.05, 3.63) is 51.2 Å². The Hall–Kier alpha value is -2.38. The van der Waals surface area contributed by atoms with Crippen LogP contribution in [0.15, 0.2) is 35.0 Å². The highest BCUT2D eigenvalue weighted by molar-refractivity contribution is 7.17. The monoisotopic (exact) mass is 374 g/mol. The molecule has 0 saturated carbocycles. The number of thiazole rings is 1. The molecule has 7 heteroatoms. The van der Waals surface area contributed by atoms with Crippen LogP contribution in [-0.4, -0.2) is 25.1 Å². The molecule has 1 amide bonds. The molecule has 5 nitrogen and oxygen atoms in total. The van der Waals surface area contributed by atoms with E-state index in [9.17, 15) is 4.79 Å². The van der Waals surface area contributed by atoms with Gasteiger partial charge in [0.25, 0.3) is 5.91 Å². The van der Waals surface area contributed by atoms with E-state index in [0.29, 0.717) is 22.9 Å². The first-order valence-electron chi connectivity index (χ1n) is 7.62. The molecule has 2 heterocycles. The van der Waals surface area contributed by atoms with E-state index in [1.165, 1.54) is 11.3 Å². The van der Waals surface area contributed by atoms with Crippen LogP contribution >= 0.6 is 22.7 Å². The second-order valence-corrected chi connectivity index (χ2v) is 7.06. The zero-order valence-electron chi connectivity index (χ0n) is 14.2. The van der Waals surface area contributed by atoms with E-state index in [2.05, 4.69) is 10.3 Å². The minimum Gasteiger partial charge on any atom is -0.493 e. The number of aryl methyl sites for hydroxylation is 1. The molecule has 0 radical (unpaired) electrons. The van der Waals surface area contributed by atoms with Gasteiger partial charge in [-0.1, -0.05) is 12.1 Å². The molecule has 25 heavy (non-hydrogen) atoms. The quantitative estimate of drug-likeness (QED) is 0.705. The number of carbonyl (C=O) groups is 1. The van der Waals surface area contributed by atoms with Crippen LogP contribution in [0.1, 0.15) is 20.9 Å². The van der Waals surface area contributed by atoms with E-state index < -0.39 is 0 Å². The fourth-order valence-electron chi connectivity index (χ4n) is 2.47. The largest absolute Gasteiger partial charge is 0.493 e. The molecule has 130 valence electrons. The molecule has 1 N–H and O–H groups in total. The number of para-hydroxylation sites is 1. The van der Waals surface area contributed by atoms with Crippen LogP contribution < -0.4 is 14.8 Å². The molecule has 0 aliphatic rings. The van der Waals surface area contributed by atoms with Crippen molar-refractivity contribution in [2.24, 2.45) is 0 Å². The summed E-state index contributed by atoms with van der Waals surface area (Å²) in [6.45, 7) is 2.21. The molecule has 0 atom stereocenters. The van der Waals surface area contributed by atoms with Crippen molar-refractivity contribution >= 4 is 28.6 Å². The molecule has 0 unspecified atom stereocenters. The maximum Gasteiger partial charge on any atom is 0.263 e. The third-order valence-electron chi connectivity index (χ3n) is 3.69. The summed E-state index contributed by atoms with van der Waals surface area (Å²) < 4.78 is 10.7. The Morgan fingerprint density at radius 1 is 1.24 bits per heavy atom. The standard InChI is InChI=1S/C18H18N2O3S2/c1-11-16(25-18(20-11)13-7-8-24-10-13)17(21)19-9-12-5-4-6-14(22-2)15(12)23-3/h4-8,10H,9H2,1-3H3,(H,19,21). The van der Waals surface area contributed by atoms with E-state index in [4.69, 9.17) is 9.47 Å². The highest BCUT2D eigenvalue weighted by atomic mass is 32.1. The van der Waals surface area contributed by atoms with Crippen LogP contribution in [0, 0.1) is 6.92 Å². The summed E-state index contributed by atoms with van der Waals surface area (Å²) in [5, 5.41) is 7.83. The summed E-state index contributed by atoms with van der Waals surface area (Å²) in [7, 11) is 3.18. The zero-order valence-corrected chi connectivity index (χ0v) is 15.8. The Balaban J connectivity index is 1.76. The van der Waals surface area contributed by atoms with Crippen molar-refractivity contribution in [1.82, 2.24) is 10.3 Å². The van der Waals surface area contributed by atoms with Crippen molar-refractivity contribution in [2.45, 2.75) is 13.5 Å². The summed E-state index contributed by atoms with van der Waals surface area (Å²) >= 11 is 3.02. The van der Waals surface area contributed by atoms with E-state index in [0.717, 1.165) is 21.8 Å². The Kier molecular flexibility index (Phi) is 5.35. The van der Waals surface area contributed by atoms with Crippen LogP contribution in [-0.2, 0) is 6.54 Å². The van der Waals surface area contributed by atoms with Crippen molar-refractivity contribution < 1.29 is 14.3 Å². The van der Waals surface area contributed by atoms with Gasteiger partial charge in [-0.25, -0.2) is 4.98 Å². The normalized spacial score (nSPS) is 10.5. The fraction of sp³-hybridized carbons (Fsp3) is 0.222. The molecule has 0 spiro atoms. The van der Waals surface area contributed by atoms with Gasteiger partial charge in [0.1, 0.15) is 9.88 Å². The van der Waals surface area contributed by atoms with Crippen LogP contribution in [0.25, 0.3) is 10.6 Å². The number of nitrogens with zero attached hydrogens (tertiary/aromatic N) is 1. The summed E-state index contributed by atoms with van der Waals surface area (Å²) in [5.74, 6) is 1.13. The predicted molar refractivity (Wildman–Crippen MR) is 101 cm³/mol. The SMILES string of the molecule is COc1cccc(CNC(=O)c2sc(-c3ccsc3)nc2C)c1OC. The lowest BCUT2D eigenvalue weighted by atomic mass is 10.2. The van der Waals surface area contributed by atoms with Crippen LogP contribution in [0.5, 0.6) is 11.5 Å². The second kappa shape index (κ2) is 7.67. The number of rotatable bonds is 6. The summed E-state index contributed by atoms with van der Waals surface area (Å²) in [4.78, 5) is 17.7. The lowest BCUT2D eigenvalue weighted by molar-refractivity contribution is 0.0954. The Morgan fingerprint density at radius 3 is 2.76 bits per heavy atom. The molecule has 0 saturated heterocycles. The number of hydrogen-bond acceptors (Lipinski definition) is 6. The van der Waals surface area contributed by atoms with Gasteiger partial charge in [0.15, 0.2) is 11.5 Å². The van der Waals surface area contributed by atoms with Gasteiger partial charge in [-0.15, -0.1) is 11.3 Å². The van der Waals surface area contributed by atoms with Crippen LogP contribution in [0.3, 0.4) is 0 Å². The molecule has 0 aliphatic carbocycles. The maximum atomic E-state index is 12.6. The van der Waals surface area contributed by atoms with Crippen molar-refractivity contribution in [3.8, 4) is 22.1 Å². The number of nitrogens with one attached hydrogen (secondary N) is 1. The molecule has 0 aliphatic heterocycles. The molecule has 3 aromatic rings. The van der Waals surface area contributed by atoms with E-state index in [1.807, 2.05) is 41.9 Å². The number of methoxy groups -OCH3 is 2. The smallest absolute Gasteiger partial charge is 0.263 e. The predicted octanol–water partition coefficient (Wildman–Crippen LogP) is 4.13. The van der Waals surface area contributed by atoms with E-state index >= 15 is 0 Å². The van der Waals surface area contributed by atoms with E-state index in [-0.39, 0.29) is 5.91 Å². The Morgan fingerprint density at radius 2 is 2.08 bits per heavy atom. The molecule has 0 bridgehead atoms. The molecule has 0 fully saturated rings. The lowest BCUT2D eigenvalue weighted by Crippen LogP contribution is -2.23. The lowest BCUT2D eigenvalue weighted by Gasteiger charge is -2.12. The number of benzene rings is 1. The van der Waals surface area contributed by atoms with Crippen molar-refractivity contribution in [2.75, 3.05) is 14.2 Å². The van der Waals surface area contributed by atoms with Crippen molar-refractivity contribution in [3.63, 3.8) is 0 Å².